The van der Waals surface area contributed by atoms with Gasteiger partial charge in [-0.25, -0.2) is 0 Å². The number of methoxy groups -OCH3 is 1. The minimum atomic E-state index is -0.542. The molecule has 0 heterocycles. The van der Waals surface area contributed by atoms with Gasteiger partial charge in [-0.2, -0.15) is 0 Å². The maximum atomic E-state index is 10.7. The Morgan fingerprint density at radius 1 is 1.42 bits per heavy atom. The fourth-order valence-corrected chi connectivity index (χ4v) is 0.904. The van der Waals surface area contributed by atoms with Crippen LogP contribution in [0.1, 0.15) is 33.1 Å². The van der Waals surface area contributed by atoms with Crippen molar-refractivity contribution in [3.63, 3.8) is 0 Å². The molecule has 1 N–H and O–H groups in total. The molecular formula is C9H18O3. The van der Waals surface area contributed by atoms with Crippen LogP contribution < -0.4 is 0 Å². The maximum Gasteiger partial charge on any atom is 0.308 e. The van der Waals surface area contributed by atoms with Crippen molar-refractivity contribution in [3.05, 3.63) is 0 Å². The molecule has 0 aromatic heterocycles. The Labute approximate surface area is 73.7 Å². The molecule has 0 aliphatic heterocycles. The summed E-state index contributed by atoms with van der Waals surface area (Å²) >= 11 is 0. The molecule has 0 aromatic carbocycles. The maximum absolute atomic E-state index is 10.7. The van der Waals surface area contributed by atoms with Gasteiger partial charge in [0.15, 0.2) is 0 Å². The largest absolute Gasteiger partial charge is 0.469 e. The first kappa shape index (κ1) is 11.4. The van der Waals surface area contributed by atoms with Crippen LogP contribution in [0.25, 0.3) is 0 Å². The van der Waals surface area contributed by atoms with Crippen LogP contribution in [0, 0.1) is 5.92 Å². The van der Waals surface area contributed by atoms with Crippen LogP contribution >= 0.6 is 0 Å². The van der Waals surface area contributed by atoms with Gasteiger partial charge in [0, 0.05) is 0 Å². The Kier molecular flexibility index (Phi) is 5.72. The average molecular weight is 174 g/mol. The number of carbonyl (C=O) groups is 1. The van der Waals surface area contributed by atoms with Gasteiger partial charge in [0.1, 0.15) is 0 Å². The lowest BCUT2D eigenvalue weighted by molar-refractivity contribution is -0.142. The van der Waals surface area contributed by atoms with E-state index in [9.17, 15) is 9.90 Å². The summed E-state index contributed by atoms with van der Waals surface area (Å²) in [5.74, 6) is 0.226. The van der Waals surface area contributed by atoms with E-state index < -0.39 is 6.10 Å². The van der Waals surface area contributed by atoms with Gasteiger partial charge in [-0.05, 0) is 18.8 Å². The molecule has 0 saturated heterocycles. The predicted molar refractivity (Wildman–Crippen MR) is 46.7 cm³/mol. The average Bonchev–Trinajstić information content (AvgIpc) is 2.00. The standard InChI is InChI=1S/C9H18O3/c1-7(2)4-5-8(10)6-9(11)12-3/h7-8,10H,4-6H2,1-3H3. The Hall–Kier alpha value is -0.570. The summed E-state index contributed by atoms with van der Waals surface area (Å²) in [6, 6.07) is 0. The van der Waals surface area contributed by atoms with Crippen molar-refractivity contribution in [1.29, 1.82) is 0 Å². The number of carbonyl (C=O) groups excluding carboxylic acids is 1. The second-order valence-corrected chi connectivity index (χ2v) is 3.41. The summed E-state index contributed by atoms with van der Waals surface area (Å²) in [5, 5.41) is 9.30. The van der Waals surface area contributed by atoms with E-state index in [0.717, 1.165) is 6.42 Å². The normalized spacial score (nSPS) is 13.1. The summed E-state index contributed by atoms with van der Waals surface area (Å²) < 4.78 is 4.43. The number of esters is 1. The van der Waals surface area contributed by atoms with Gasteiger partial charge in [-0.1, -0.05) is 13.8 Å². The Morgan fingerprint density at radius 3 is 2.42 bits per heavy atom. The highest BCUT2D eigenvalue weighted by molar-refractivity contribution is 5.69. The van der Waals surface area contributed by atoms with Crippen molar-refractivity contribution in [2.45, 2.75) is 39.2 Å². The van der Waals surface area contributed by atoms with Crippen molar-refractivity contribution < 1.29 is 14.6 Å². The smallest absolute Gasteiger partial charge is 0.308 e. The zero-order valence-corrected chi connectivity index (χ0v) is 8.04. The van der Waals surface area contributed by atoms with Crippen LogP contribution in [0.4, 0.5) is 0 Å². The lowest BCUT2D eigenvalue weighted by Gasteiger charge is -2.10. The summed E-state index contributed by atoms with van der Waals surface area (Å²) in [7, 11) is 1.33. The Bertz CT molecular complexity index is 132. The van der Waals surface area contributed by atoms with Crippen LogP contribution in [0.15, 0.2) is 0 Å². The molecule has 0 fully saturated rings. The van der Waals surface area contributed by atoms with Gasteiger partial charge in [0.2, 0.25) is 0 Å². The molecule has 0 radical (unpaired) electrons. The number of aliphatic hydroxyl groups is 1. The van der Waals surface area contributed by atoms with Crippen LogP contribution in [0.5, 0.6) is 0 Å². The SMILES string of the molecule is COC(=O)CC(O)CCC(C)C. The van der Waals surface area contributed by atoms with E-state index in [4.69, 9.17) is 0 Å². The molecule has 0 bridgehead atoms. The van der Waals surface area contributed by atoms with Gasteiger partial charge in [-0.15, -0.1) is 0 Å². The number of hydrogen-bond donors (Lipinski definition) is 1. The second kappa shape index (κ2) is 6.00. The summed E-state index contributed by atoms with van der Waals surface area (Å²) in [5.41, 5.74) is 0. The molecule has 0 saturated carbocycles. The number of ether oxygens (including phenoxy) is 1. The molecule has 0 aliphatic carbocycles. The highest BCUT2D eigenvalue weighted by Gasteiger charge is 2.10. The Morgan fingerprint density at radius 2 is 2.00 bits per heavy atom. The van der Waals surface area contributed by atoms with E-state index in [0.29, 0.717) is 12.3 Å². The van der Waals surface area contributed by atoms with Crippen molar-refractivity contribution in [2.75, 3.05) is 7.11 Å². The molecule has 0 amide bonds. The zero-order chi connectivity index (χ0) is 9.56. The summed E-state index contributed by atoms with van der Waals surface area (Å²) in [6.07, 6.45) is 1.19. The lowest BCUT2D eigenvalue weighted by atomic mass is 10.0. The molecule has 3 heteroatoms. The highest BCUT2D eigenvalue weighted by atomic mass is 16.5. The van der Waals surface area contributed by atoms with E-state index in [1.165, 1.54) is 7.11 Å². The van der Waals surface area contributed by atoms with Crippen LogP contribution in [0.3, 0.4) is 0 Å². The number of hydrogen-bond acceptors (Lipinski definition) is 3. The molecule has 72 valence electrons. The molecule has 3 nitrogen and oxygen atoms in total. The molecule has 12 heavy (non-hydrogen) atoms. The van der Waals surface area contributed by atoms with Crippen molar-refractivity contribution >= 4 is 5.97 Å². The van der Waals surface area contributed by atoms with Gasteiger partial charge < -0.3 is 9.84 Å². The van der Waals surface area contributed by atoms with Crippen LogP contribution in [-0.2, 0) is 9.53 Å². The fraction of sp³-hybridized carbons (Fsp3) is 0.889. The van der Waals surface area contributed by atoms with E-state index in [1.54, 1.807) is 0 Å². The lowest BCUT2D eigenvalue weighted by Crippen LogP contribution is -2.15. The van der Waals surface area contributed by atoms with E-state index in [1.807, 2.05) is 0 Å². The van der Waals surface area contributed by atoms with Gasteiger partial charge >= 0.3 is 5.97 Å². The van der Waals surface area contributed by atoms with E-state index in [-0.39, 0.29) is 12.4 Å². The summed E-state index contributed by atoms with van der Waals surface area (Å²) in [6.45, 7) is 4.18. The second-order valence-electron chi connectivity index (χ2n) is 3.41. The van der Waals surface area contributed by atoms with Gasteiger partial charge in [0.25, 0.3) is 0 Å². The van der Waals surface area contributed by atoms with Crippen molar-refractivity contribution in [3.8, 4) is 0 Å². The molecule has 1 atom stereocenters. The van der Waals surface area contributed by atoms with Crippen LogP contribution in [0.2, 0.25) is 0 Å². The first-order valence-corrected chi connectivity index (χ1v) is 4.31. The first-order valence-electron chi connectivity index (χ1n) is 4.31. The molecule has 0 spiro atoms. The third kappa shape index (κ3) is 6.16. The third-order valence-corrected chi connectivity index (χ3v) is 1.71. The minimum Gasteiger partial charge on any atom is -0.469 e. The summed E-state index contributed by atoms with van der Waals surface area (Å²) in [4.78, 5) is 10.7. The minimum absolute atomic E-state index is 0.114. The highest BCUT2D eigenvalue weighted by Crippen LogP contribution is 2.09. The van der Waals surface area contributed by atoms with Gasteiger partial charge in [0.05, 0.1) is 19.6 Å². The number of rotatable bonds is 5. The molecule has 0 rings (SSSR count). The molecule has 0 aromatic rings. The van der Waals surface area contributed by atoms with E-state index >= 15 is 0 Å². The molecule has 1 unspecified atom stereocenters. The van der Waals surface area contributed by atoms with Crippen molar-refractivity contribution in [1.82, 2.24) is 0 Å². The molecule has 0 aliphatic rings. The van der Waals surface area contributed by atoms with Gasteiger partial charge in [-0.3, -0.25) is 4.79 Å². The molecular weight excluding hydrogens is 156 g/mol. The fourth-order valence-electron chi connectivity index (χ4n) is 0.904. The zero-order valence-electron chi connectivity index (χ0n) is 8.04. The quantitative estimate of drug-likeness (QED) is 0.640. The van der Waals surface area contributed by atoms with E-state index in [2.05, 4.69) is 18.6 Å². The predicted octanol–water partition coefficient (Wildman–Crippen LogP) is 1.35. The number of aliphatic hydroxyl groups excluding tert-OH is 1. The third-order valence-electron chi connectivity index (χ3n) is 1.71. The monoisotopic (exact) mass is 174 g/mol. The van der Waals surface area contributed by atoms with Crippen molar-refractivity contribution in [2.24, 2.45) is 5.92 Å². The topological polar surface area (TPSA) is 46.5 Å². The Balaban J connectivity index is 3.45. The van der Waals surface area contributed by atoms with Crippen LogP contribution in [-0.4, -0.2) is 24.3 Å². The first-order chi connectivity index (χ1) is 5.56.